The summed E-state index contributed by atoms with van der Waals surface area (Å²) >= 11 is 0. The molecule has 3 N–H and O–H groups in total. The van der Waals surface area contributed by atoms with Crippen molar-refractivity contribution in [1.29, 1.82) is 0 Å². The minimum atomic E-state index is 0. The maximum atomic E-state index is 6.02. The summed E-state index contributed by atoms with van der Waals surface area (Å²) < 4.78 is 16.5. The Morgan fingerprint density at radius 3 is 2.55 bits per heavy atom. The molecule has 0 spiro atoms. The van der Waals surface area contributed by atoms with E-state index in [1.807, 2.05) is 42.5 Å². The first kappa shape index (κ1) is 23.1. The normalized spacial score (nSPS) is 13.4. The van der Waals surface area contributed by atoms with Crippen molar-refractivity contribution in [1.82, 2.24) is 5.32 Å². The van der Waals surface area contributed by atoms with Crippen molar-refractivity contribution in [3.63, 3.8) is 0 Å². The summed E-state index contributed by atoms with van der Waals surface area (Å²) in [6, 6.07) is 13.9. The SMILES string of the molecule is COc1ccc(CCNC(N)=NCc2ccccc2OCC2CC2)cc1OC.I. The van der Waals surface area contributed by atoms with Crippen molar-refractivity contribution in [3.05, 3.63) is 53.6 Å². The van der Waals surface area contributed by atoms with E-state index >= 15 is 0 Å². The van der Waals surface area contributed by atoms with E-state index in [1.165, 1.54) is 12.8 Å². The lowest BCUT2D eigenvalue weighted by Gasteiger charge is -2.11. The highest BCUT2D eigenvalue weighted by molar-refractivity contribution is 14.0. The Hall–Kier alpha value is -2.16. The predicted molar refractivity (Wildman–Crippen MR) is 127 cm³/mol. The molecule has 3 rings (SSSR count). The Bertz CT molecular complexity index is 810. The summed E-state index contributed by atoms with van der Waals surface area (Å²) in [5, 5.41) is 3.16. The van der Waals surface area contributed by atoms with E-state index in [4.69, 9.17) is 19.9 Å². The molecule has 158 valence electrons. The third-order valence-electron chi connectivity index (χ3n) is 4.73. The van der Waals surface area contributed by atoms with E-state index in [0.717, 1.165) is 47.3 Å². The van der Waals surface area contributed by atoms with E-state index < -0.39 is 0 Å². The van der Waals surface area contributed by atoms with Crippen LogP contribution >= 0.6 is 24.0 Å². The number of nitrogens with two attached hydrogens (primary N) is 1. The number of halogens is 1. The molecule has 0 unspecified atom stereocenters. The predicted octanol–water partition coefficient (Wildman–Crippen LogP) is 3.76. The fraction of sp³-hybridized carbons (Fsp3) is 0.409. The maximum absolute atomic E-state index is 6.02. The molecule has 1 aliphatic carbocycles. The summed E-state index contributed by atoms with van der Waals surface area (Å²) in [7, 11) is 3.27. The van der Waals surface area contributed by atoms with Crippen molar-refractivity contribution >= 4 is 29.9 Å². The number of hydrogen-bond donors (Lipinski definition) is 2. The van der Waals surface area contributed by atoms with Gasteiger partial charge in [-0.1, -0.05) is 24.3 Å². The topological polar surface area (TPSA) is 78.1 Å². The Morgan fingerprint density at radius 1 is 1.07 bits per heavy atom. The van der Waals surface area contributed by atoms with E-state index in [-0.39, 0.29) is 24.0 Å². The van der Waals surface area contributed by atoms with Gasteiger partial charge in [0.15, 0.2) is 17.5 Å². The second-order valence-corrected chi connectivity index (χ2v) is 6.93. The molecule has 0 amide bonds. The van der Waals surface area contributed by atoms with Crippen LogP contribution in [0, 0.1) is 5.92 Å². The summed E-state index contributed by atoms with van der Waals surface area (Å²) in [4.78, 5) is 4.45. The van der Waals surface area contributed by atoms with Crippen LogP contribution in [0.25, 0.3) is 0 Å². The van der Waals surface area contributed by atoms with Gasteiger partial charge in [0.2, 0.25) is 0 Å². The molecule has 0 bridgehead atoms. The van der Waals surface area contributed by atoms with Gasteiger partial charge in [0.1, 0.15) is 5.75 Å². The largest absolute Gasteiger partial charge is 0.493 e. The van der Waals surface area contributed by atoms with Crippen LogP contribution in [-0.4, -0.2) is 33.3 Å². The van der Waals surface area contributed by atoms with Crippen LogP contribution in [0.5, 0.6) is 17.2 Å². The van der Waals surface area contributed by atoms with Gasteiger partial charge in [0, 0.05) is 12.1 Å². The van der Waals surface area contributed by atoms with Crippen LogP contribution < -0.4 is 25.3 Å². The van der Waals surface area contributed by atoms with Gasteiger partial charge in [0.05, 0.1) is 27.4 Å². The monoisotopic (exact) mass is 511 g/mol. The van der Waals surface area contributed by atoms with Crippen LogP contribution in [0.3, 0.4) is 0 Å². The fourth-order valence-corrected chi connectivity index (χ4v) is 2.86. The molecule has 2 aromatic rings. The van der Waals surface area contributed by atoms with Crippen molar-refractivity contribution in [2.45, 2.75) is 25.8 Å². The van der Waals surface area contributed by atoms with E-state index in [0.29, 0.717) is 19.0 Å². The van der Waals surface area contributed by atoms with Crippen LogP contribution in [0.2, 0.25) is 0 Å². The number of benzene rings is 2. The first-order chi connectivity index (χ1) is 13.7. The maximum Gasteiger partial charge on any atom is 0.188 e. The Morgan fingerprint density at radius 2 is 1.83 bits per heavy atom. The van der Waals surface area contributed by atoms with Crippen molar-refractivity contribution in [2.75, 3.05) is 27.4 Å². The Labute approximate surface area is 189 Å². The second-order valence-electron chi connectivity index (χ2n) is 6.93. The van der Waals surface area contributed by atoms with Crippen molar-refractivity contribution < 1.29 is 14.2 Å². The highest BCUT2D eigenvalue weighted by Gasteiger charge is 2.22. The van der Waals surface area contributed by atoms with E-state index in [9.17, 15) is 0 Å². The molecule has 2 aromatic carbocycles. The van der Waals surface area contributed by atoms with Crippen molar-refractivity contribution in [3.8, 4) is 17.2 Å². The van der Waals surface area contributed by atoms with Crippen LogP contribution in [0.4, 0.5) is 0 Å². The van der Waals surface area contributed by atoms with Crippen molar-refractivity contribution in [2.24, 2.45) is 16.6 Å². The van der Waals surface area contributed by atoms with Gasteiger partial charge in [-0.25, -0.2) is 4.99 Å². The first-order valence-electron chi connectivity index (χ1n) is 9.65. The zero-order chi connectivity index (χ0) is 19.8. The molecule has 1 fully saturated rings. The lowest BCUT2D eigenvalue weighted by Crippen LogP contribution is -2.33. The average Bonchev–Trinajstić information content (AvgIpc) is 3.55. The molecule has 7 heteroatoms. The first-order valence-corrected chi connectivity index (χ1v) is 9.65. The second kappa shape index (κ2) is 11.7. The molecule has 0 aliphatic heterocycles. The zero-order valence-electron chi connectivity index (χ0n) is 17.0. The average molecular weight is 511 g/mol. The number of rotatable bonds is 10. The number of methoxy groups -OCH3 is 2. The summed E-state index contributed by atoms with van der Waals surface area (Å²) in [6.45, 7) is 1.97. The molecule has 0 heterocycles. The molecular weight excluding hydrogens is 481 g/mol. The van der Waals surface area contributed by atoms with E-state index in [2.05, 4.69) is 10.3 Å². The highest BCUT2D eigenvalue weighted by Crippen LogP contribution is 2.30. The third kappa shape index (κ3) is 7.30. The molecule has 1 aliphatic rings. The molecule has 0 saturated heterocycles. The van der Waals surface area contributed by atoms with Gasteiger partial charge < -0.3 is 25.3 Å². The number of hydrogen-bond acceptors (Lipinski definition) is 4. The van der Waals surface area contributed by atoms with Crippen LogP contribution in [0.15, 0.2) is 47.5 Å². The summed E-state index contributed by atoms with van der Waals surface area (Å²) in [5.41, 5.74) is 8.21. The van der Waals surface area contributed by atoms with Gasteiger partial charge in [-0.05, 0) is 48.9 Å². The van der Waals surface area contributed by atoms with Crippen LogP contribution in [0.1, 0.15) is 24.0 Å². The van der Waals surface area contributed by atoms with Gasteiger partial charge in [0.25, 0.3) is 0 Å². The summed E-state index contributed by atoms with van der Waals surface area (Å²) in [5.74, 6) is 3.50. The number of guanidine groups is 1. The van der Waals surface area contributed by atoms with E-state index in [1.54, 1.807) is 14.2 Å². The third-order valence-corrected chi connectivity index (χ3v) is 4.73. The summed E-state index contributed by atoms with van der Waals surface area (Å²) in [6.07, 6.45) is 3.35. The quantitative estimate of drug-likeness (QED) is 0.289. The van der Waals surface area contributed by atoms with Gasteiger partial charge in [-0.3, -0.25) is 0 Å². The molecule has 29 heavy (non-hydrogen) atoms. The molecular formula is C22H30IN3O3. The van der Waals surface area contributed by atoms with Crippen LogP contribution in [-0.2, 0) is 13.0 Å². The molecule has 0 atom stereocenters. The standard InChI is InChI=1S/C22H29N3O3.HI/c1-26-20-10-9-16(13-21(20)27-2)11-12-24-22(23)25-14-18-5-3-4-6-19(18)28-15-17-7-8-17;/h3-6,9-10,13,17H,7-8,11-12,14-15H2,1-2H3,(H3,23,24,25);1H. The van der Waals surface area contributed by atoms with Gasteiger partial charge in [-0.15, -0.1) is 24.0 Å². The molecule has 0 aromatic heterocycles. The Kier molecular flexibility index (Phi) is 9.37. The Balaban J connectivity index is 0.00000300. The molecule has 6 nitrogen and oxygen atoms in total. The zero-order valence-corrected chi connectivity index (χ0v) is 19.3. The minimum Gasteiger partial charge on any atom is -0.493 e. The number of aliphatic imine (C=N–C) groups is 1. The minimum absolute atomic E-state index is 0. The number of ether oxygens (including phenoxy) is 3. The molecule has 1 saturated carbocycles. The number of para-hydroxylation sites is 1. The molecule has 0 radical (unpaired) electrons. The van der Waals surface area contributed by atoms with Gasteiger partial charge in [-0.2, -0.15) is 0 Å². The number of nitrogens with zero attached hydrogens (tertiary/aromatic N) is 1. The fourth-order valence-electron chi connectivity index (χ4n) is 2.86. The highest BCUT2D eigenvalue weighted by atomic mass is 127. The number of nitrogens with one attached hydrogen (secondary N) is 1. The lowest BCUT2D eigenvalue weighted by molar-refractivity contribution is 0.297. The lowest BCUT2D eigenvalue weighted by atomic mass is 10.1. The van der Waals surface area contributed by atoms with Gasteiger partial charge >= 0.3 is 0 Å². The smallest absolute Gasteiger partial charge is 0.188 e.